The van der Waals surface area contributed by atoms with Gasteiger partial charge >= 0.3 is 0 Å². The molecule has 5 nitrogen and oxygen atoms in total. The third-order valence-electron chi connectivity index (χ3n) is 4.26. The van der Waals surface area contributed by atoms with Gasteiger partial charge in [-0.1, -0.05) is 31.2 Å². The van der Waals surface area contributed by atoms with E-state index < -0.39 is 15.8 Å². The molecular formula is C18H21FN2O3S. The Morgan fingerprint density at radius 2 is 1.92 bits per heavy atom. The highest BCUT2D eigenvalue weighted by Gasteiger charge is 2.22. The Bertz CT molecular complexity index is 824. The van der Waals surface area contributed by atoms with Crippen LogP contribution < -0.4 is 4.72 Å². The summed E-state index contributed by atoms with van der Waals surface area (Å²) < 4.78 is 46.5. The Balaban J connectivity index is 1.74. The number of ether oxygens (including phenoxy) is 1. The third-order valence-corrected chi connectivity index (χ3v) is 5.67. The van der Waals surface area contributed by atoms with Crippen LogP contribution in [-0.4, -0.2) is 39.6 Å². The van der Waals surface area contributed by atoms with E-state index >= 15 is 0 Å². The molecule has 7 heteroatoms. The minimum Gasteiger partial charge on any atom is -0.371 e. The molecule has 1 aliphatic rings. The maximum Gasteiger partial charge on any atom is 0.264 e. The fourth-order valence-corrected chi connectivity index (χ4v) is 3.97. The largest absolute Gasteiger partial charge is 0.371 e. The molecule has 1 unspecified atom stereocenters. The van der Waals surface area contributed by atoms with E-state index in [2.05, 4.69) is 16.5 Å². The normalized spacial score (nSPS) is 18.9. The van der Waals surface area contributed by atoms with Gasteiger partial charge < -0.3 is 4.74 Å². The molecule has 0 saturated carbocycles. The second-order valence-corrected chi connectivity index (χ2v) is 7.56. The van der Waals surface area contributed by atoms with Gasteiger partial charge in [0.1, 0.15) is 10.7 Å². The van der Waals surface area contributed by atoms with Crippen molar-refractivity contribution >= 4 is 15.7 Å². The summed E-state index contributed by atoms with van der Waals surface area (Å²) in [4.78, 5) is 1.94. The van der Waals surface area contributed by atoms with Crippen LogP contribution in [0.1, 0.15) is 18.6 Å². The summed E-state index contributed by atoms with van der Waals surface area (Å²) in [5, 5.41) is 0. The minimum atomic E-state index is -3.96. The maximum atomic E-state index is 13.7. The number of halogens is 1. The van der Waals surface area contributed by atoms with Gasteiger partial charge in [-0.05, 0) is 36.4 Å². The van der Waals surface area contributed by atoms with Crippen molar-refractivity contribution in [3.63, 3.8) is 0 Å². The molecular weight excluding hydrogens is 343 g/mol. The zero-order chi connectivity index (χ0) is 17.9. The van der Waals surface area contributed by atoms with E-state index in [4.69, 9.17) is 4.74 Å². The summed E-state index contributed by atoms with van der Waals surface area (Å²) in [6.45, 7) is 5.51. The summed E-state index contributed by atoms with van der Waals surface area (Å²) in [6.07, 6.45) is -0.0223. The van der Waals surface area contributed by atoms with Gasteiger partial charge in [-0.25, -0.2) is 12.8 Å². The number of hydrogen-bond acceptors (Lipinski definition) is 4. The fourth-order valence-electron chi connectivity index (χ4n) is 2.83. The van der Waals surface area contributed by atoms with Crippen LogP contribution in [0, 0.1) is 5.82 Å². The molecule has 1 saturated heterocycles. The second-order valence-electron chi connectivity index (χ2n) is 5.91. The molecule has 2 aromatic carbocycles. The Labute approximate surface area is 147 Å². The first kappa shape index (κ1) is 17.8. The molecule has 1 N–H and O–H groups in total. The summed E-state index contributed by atoms with van der Waals surface area (Å²) >= 11 is 0. The molecule has 0 aromatic heterocycles. The zero-order valence-corrected chi connectivity index (χ0v) is 14.8. The van der Waals surface area contributed by atoms with E-state index in [0.717, 1.165) is 31.3 Å². The average molecular weight is 364 g/mol. The average Bonchev–Trinajstić information content (AvgIpc) is 2.62. The fraction of sp³-hybridized carbons (Fsp3) is 0.333. The predicted molar refractivity (Wildman–Crippen MR) is 94.5 cm³/mol. The van der Waals surface area contributed by atoms with Crippen LogP contribution in [0.15, 0.2) is 53.4 Å². The molecule has 0 aliphatic carbocycles. The van der Waals surface area contributed by atoms with Gasteiger partial charge in [-0.2, -0.15) is 0 Å². The van der Waals surface area contributed by atoms with Crippen molar-refractivity contribution in [3.05, 3.63) is 59.9 Å². The molecule has 3 rings (SSSR count). The molecule has 0 spiro atoms. The van der Waals surface area contributed by atoms with Crippen LogP contribution in [0.4, 0.5) is 10.1 Å². The van der Waals surface area contributed by atoms with E-state index in [9.17, 15) is 12.8 Å². The highest BCUT2D eigenvalue weighted by atomic mass is 32.2. The van der Waals surface area contributed by atoms with E-state index in [1.807, 2.05) is 12.1 Å². The number of morpholine rings is 1. The third kappa shape index (κ3) is 4.18. The number of anilines is 1. The number of nitrogens with zero attached hydrogens (tertiary/aromatic N) is 1. The molecule has 1 aliphatic heterocycles. The van der Waals surface area contributed by atoms with Gasteiger partial charge in [0, 0.05) is 18.8 Å². The first-order valence-corrected chi connectivity index (χ1v) is 9.69. The van der Waals surface area contributed by atoms with Crippen molar-refractivity contribution in [2.45, 2.75) is 17.9 Å². The van der Waals surface area contributed by atoms with Crippen molar-refractivity contribution in [1.29, 1.82) is 0 Å². The Kier molecular flexibility index (Phi) is 5.36. The van der Waals surface area contributed by atoms with Gasteiger partial charge in [0.2, 0.25) is 0 Å². The van der Waals surface area contributed by atoms with E-state index in [0.29, 0.717) is 12.3 Å². The standard InChI is InChI=1S/C18H21FN2O3S/c1-2-21-11-12-24-17(13-21)14-7-9-15(10-8-14)20-25(22,23)18-6-4-3-5-16(18)19/h3-10,17,20H,2,11-13H2,1H3. The van der Waals surface area contributed by atoms with Gasteiger partial charge in [-0.15, -0.1) is 0 Å². The summed E-state index contributed by atoms with van der Waals surface area (Å²) in [7, 11) is -3.96. The van der Waals surface area contributed by atoms with E-state index in [1.54, 1.807) is 12.1 Å². The highest BCUT2D eigenvalue weighted by Crippen LogP contribution is 2.25. The van der Waals surface area contributed by atoms with Gasteiger partial charge in [0.25, 0.3) is 10.0 Å². The van der Waals surface area contributed by atoms with Crippen molar-refractivity contribution < 1.29 is 17.5 Å². The molecule has 134 valence electrons. The number of likely N-dealkylation sites (N-methyl/N-ethyl adjacent to an activating group) is 1. The van der Waals surface area contributed by atoms with Crippen LogP contribution in [0.3, 0.4) is 0 Å². The van der Waals surface area contributed by atoms with Crippen molar-refractivity contribution in [3.8, 4) is 0 Å². The van der Waals surface area contributed by atoms with Crippen molar-refractivity contribution in [2.75, 3.05) is 31.0 Å². The predicted octanol–water partition coefficient (Wildman–Crippen LogP) is 3.02. The summed E-state index contributed by atoms with van der Waals surface area (Å²) in [5.41, 5.74) is 1.38. The molecule has 1 atom stereocenters. The SMILES string of the molecule is CCN1CCOC(c2ccc(NS(=O)(=O)c3ccccc3F)cc2)C1. The van der Waals surface area contributed by atoms with Crippen LogP contribution in [0.25, 0.3) is 0 Å². The highest BCUT2D eigenvalue weighted by molar-refractivity contribution is 7.92. The van der Waals surface area contributed by atoms with Gasteiger partial charge in [-0.3, -0.25) is 9.62 Å². The molecule has 2 aromatic rings. The lowest BCUT2D eigenvalue weighted by Gasteiger charge is -2.32. The Hall–Kier alpha value is -1.96. The van der Waals surface area contributed by atoms with Gasteiger partial charge in [0.05, 0.1) is 12.7 Å². The minimum absolute atomic E-state index is 0.0223. The molecule has 1 fully saturated rings. The topological polar surface area (TPSA) is 58.6 Å². The molecule has 1 heterocycles. The van der Waals surface area contributed by atoms with Crippen LogP contribution in [0.2, 0.25) is 0 Å². The summed E-state index contributed by atoms with van der Waals surface area (Å²) in [6, 6.07) is 12.3. The number of nitrogens with one attached hydrogen (secondary N) is 1. The number of rotatable bonds is 5. The van der Waals surface area contributed by atoms with Gasteiger partial charge in [0.15, 0.2) is 0 Å². The monoisotopic (exact) mass is 364 g/mol. The van der Waals surface area contributed by atoms with Crippen LogP contribution in [-0.2, 0) is 14.8 Å². The molecule has 25 heavy (non-hydrogen) atoms. The maximum absolute atomic E-state index is 13.7. The quantitative estimate of drug-likeness (QED) is 0.886. The van der Waals surface area contributed by atoms with E-state index in [-0.39, 0.29) is 11.0 Å². The summed E-state index contributed by atoms with van der Waals surface area (Å²) in [5.74, 6) is -0.776. The molecule has 0 bridgehead atoms. The first-order chi connectivity index (χ1) is 12.0. The Morgan fingerprint density at radius 3 is 2.60 bits per heavy atom. The zero-order valence-electron chi connectivity index (χ0n) is 14.0. The first-order valence-electron chi connectivity index (χ1n) is 8.21. The van der Waals surface area contributed by atoms with E-state index in [1.165, 1.54) is 18.2 Å². The molecule has 0 amide bonds. The second kappa shape index (κ2) is 7.51. The van der Waals surface area contributed by atoms with Crippen molar-refractivity contribution in [2.24, 2.45) is 0 Å². The Morgan fingerprint density at radius 1 is 1.20 bits per heavy atom. The smallest absolute Gasteiger partial charge is 0.264 e. The number of hydrogen-bond donors (Lipinski definition) is 1. The van der Waals surface area contributed by atoms with Crippen molar-refractivity contribution in [1.82, 2.24) is 4.90 Å². The number of benzene rings is 2. The van der Waals surface area contributed by atoms with Crippen LogP contribution >= 0.6 is 0 Å². The lowest BCUT2D eigenvalue weighted by atomic mass is 10.1. The molecule has 0 radical (unpaired) electrons. The number of sulfonamides is 1. The lowest BCUT2D eigenvalue weighted by Crippen LogP contribution is -2.38. The van der Waals surface area contributed by atoms with Crippen LogP contribution in [0.5, 0.6) is 0 Å². The lowest BCUT2D eigenvalue weighted by molar-refractivity contribution is -0.0281.